The van der Waals surface area contributed by atoms with E-state index in [9.17, 15) is 0 Å². The van der Waals surface area contributed by atoms with Gasteiger partial charge in [-0.1, -0.05) is 25.7 Å². The van der Waals surface area contributed by atoms with Gasteiger partial charge in [0.25, 0.3) is 0 Å². The van der Waals surface area contributed by atoms with E-state index in [2.05, 4.69) is 12.2 Å². The summed E-state index contributed by atoms with van der Waals surface area (Å²) in [6.45, 7) is 3.82. The summed E-state index contributed by atoms with van der Waals surface area (Å²) in [5, 5.41) is 3.37. The molecule has 0 aliphatic heterocycles. The summed E-state index contributed by atoms with van der Waals surface area (Å²) >= 11 is 0. The van der Waals surface area contributed by atoms with E-state index in [4.69, 9.17) is 9.15 Å². The van der Waals surface area contributed by atoms with E-state index < -0.39 is 0 Å². The highest BCUT2D eigenvalue weighted by atomic mass is 16.5. The molecule has 102 valence electrons. The number of nitrogens with one attached hydrogen (secondary N) is 1. The molecule has 0 spiro atoms. The van der Waals surface area contributed by atoms with E-state index in [1.165, 1.54) is 38.5 Å². The molecular formula is C15H25NO2. The third-order valence-electron chi connectivity index (χ3n) is 3.54. The first kappa shape index (κ1) is 13.6. The van der Waals surface area contributed by atoms with Crippen molar-refractivity contribution in [2.75, 3.05) is 6.54 Å². The lowest BCUT2D eigenvalue weighted by molar-refractivity contribution is -0.00899. The van der Waals surface area contributed by atoms with Gasteiger partial charge < -0.3 is 14.5 Å². The predicted octanol–water partition coefficient (Wildman–Crippen LogP) is 3.50. The van der Waals surface area contributed by atoms with Gasteiger partial charge in [0.15, 0.2) is 0 Å². The molecule has 1 aromatic rings. The summed E-state index contributed by atoms with van der Waals surface area (Å²) in [7, 11) is 0. The van der Waals surface area contributed by atoms with Crippen molar-refractivity contribution in [1.29, 1.82) is 0 Å². The van der Waals surface area contributed by atoms with Crippen molar-refractivity contribution in [2.45, 2.75) is 64.2 Å². The van der Waals surface area contributed by atoms with E-state index >= 15 is 0 Å². The van der Waals surface area contributed by atoms with Crippen LogP contribution in [0.5, 0.6) is 0 Å². The Bertz CT molecular complexity index is 302. The first-order chi connectivity index (χ1) is 8.84. The summed E-state index contributed by atoms with van der Waals surface area (Å²) in [6, 6.07) is 3.91. The second-order valence-electron chi connectivity index (χ2n) is 5.27. The van der Waals surface area contributed by atoms with Crippen LogP contribution in [0.4, 0.5) is 0 Å². The van der Waals surface area contributed by atoms with Crippen LogP contribution in [0.25, 0.3) is 0 Å². The van der Waals surface area contributed by atoms with Crippen LogP contribution in [0, 0.1) is 0 Å². The molecule has 0 saturated heterocycles. The van der Waals surface area contributed by atoms with Crippen LogP contribution in [0.2, 0.25) is 0 Å². The molecule has 1 fully saturated rings. The zero-order valence-electron chi connectivity index (χ0n) is 11.4. The summed E-state index contributed by atoms with van der Waals surface area (Å²) in [4.78, 5) is 0. The highest BCUT2D eigenvalue weighted by molar-refractivity contribution is 4.97. The van der Waals surface area contributed by atoms with Crippen molar-refractivity contribution in [3.8, 4) is 0 Å². The molecule has 1 atom stereocenters. The minimum atomic E-state index is 0.281. The van der Waals surface area contributed by atoms with Crippen LogP contribution < -0.4 is 5.32 Å². The molecule has 1 aliphatic rings. The maximum atomic E-state index is 6.10. The minimum absolute atomic E-state index is 0.281. The third kappa shape index (κ3) is 4.83. The van der Waals surface area contributed by atoms with Gasteiger partial charge in [-0.15, -0.1) is 0 Å². The van der Waals surface area contributed by atoms with Gasteiger partial charge in [-0.3, -0.25) is 0 Å². The van der Waals surface area contributed by atoms with Crippen LogP contribution in [0.3, 0.4) is 0 Å². The van der Waals surface area contributed by atoms with Crippen molar-refractivity contribution < 1.29 is 9.15 Å². The maximum Gasteiger partial charge on any atom is 0.117 e. The fraction of sp³-hybridized carbons (Fsp3) is 0.733. The van der Waals surface area contributed by atoms with Gasteiger partial charge >= 0.3 is 0 Å². The monoisotopic (exact) mass is 251 g/mol. The number of ether oxygens (including phenoxy) is 1. The van der Waals surface area contributed by atoms with Gasteiger partial charge in [0.1, 0.15) is 5.76 Å². The molecule has 3 nitrogen and oxygen atoms in total. The summed E-state index contributed by atoms with van der Waals surface area (Å²) in [5.74, 6) is 0.983. The molecule has 1 heterocycles. The smallest absolute Gasteiger partial charge is 0.117 e. The molecule has 3 heteroatoms. The molecular weight excluding hydrogens is 226 g/mol. The Morgan fingerprint density at radius 2 is 2.11 bits per heavy atom. The molecule has 1 aliphatic carbocycles. The van der Waals surface area contributed by atoms with E-state index in [0.717, 1.165) is 18.8 Å². The van der Waals surface area contributed by atoms with Crippen LogP contribution in [-0.4, -0.2) is 18.8 Å². The zero-order chi connectivity index (χ0) is 12.6. The second-order valence-corrected chi connectivity index (χ2v) is 5.27. The second kappa shape index (κ2) is 7.59. The Labute approximate surface area is 110 Å². The molecule has 0 bridgehead atoms. The SMILES string of the molecule is CC(CNCc1ccco1)OC1CCCCCC1. The molecule has 0 aromatic carbocycles. The van der Waals surface area contributed by atoms with Crippen LogP contribution in [0.15, 0.2) is 22.8 Å². The number of rotatable bonds is 6. The predicted molar refractivity (Wildman–Crippen MR) is 72.5 cm³/mol. The fourth-order valence-corrected chi connectivity index (χ4v) is 2.57. The number of hydrogen-bond acceptors (Lipinski definition) is 3. The van der Waals surface area contributed by atoms with E-state index in [-0.39, 0.29) is 6.10 Å². The fourth-order valence-electron chi connectivity index (χ4n) is 2.57. The standard InChI is InChI=1S/C15H25NO2/c1-13(11-16-12-15-9-6-10-17-15)18-14-7-4-2-3-5-8-14/h6,9-10,13-14,16H,2-5,7-8,11-12H2,1H3. The molecule has 1 N–H and O–H groups in total. The van der Waals surface area contributed by atoms with Crippen molar-refractivity contribution in [1.82, 2.24) is 5.32 Å². The van der Waals surface area contributed by atoms with E-state index in [1.807, 2.05) is 12.1 Å². The Kier molecular flexibility index (Phi) is 5.75. The maximum absolute atomic E-state index is 6.10. The average molecular weight is 251 g/mol. The molecule has 1 unspecified atom stereocenters. The van der Waals surface area contributed by atoms with Crippen molar-refractivity contribution >= 4 is 0 Å². The third-order valence-corrected chi connectivity index (χ3v) is 3.54. The Hall–Kier alpha value is -0.800. The lowest BCUT2D eigenvalue weighted by Crippen LogP contribution is -2.30. The van der Waals surface area contributed by atoms with Crippen LogP contribution in [0.1, 0.15) is 51.2 Å². The quantitative estimate of drug-likeness (QED) is 0.786. The van der Waals surface area contributed by atoms with E-state index in [0.29, 0.717) is 6.10 Å². The molecule has 18 heavy (non-hydrogen) atoms. The molecule has 0 amide bonds. The summed E-state index contributed by atoms with van der Waals surface area (Å²) in [5.41, 5.74) is 0. The Balaban J connectivity index is 1.60. The average Bonchev–Trinajstić information content (AvgIpc) is 2.74. The first-order valence-corrected chi connectivity index (χ1v) is 7.23. The van der Waals surface area contributed by atoms with Crippen molar-refractivity contribution in [3.63, 3.8) is 0 Å². The summed E-state index contributed by atoms with van der Waals surface area (Å²) < 4.78 is 11.4. The molecule has 1 aromatic heterocycles. The number of furan rings is 1. The molecule has 2 rings (SSSR count). The number of hydrogen-bond donors (Lipinski definition) is 1. The highest BCUT2D eigenvalue weighted by Crippen LogP contribution is 2.20. The zero-order valence-corrected chi connectivity index (χ0v) is 11.4. The lowest BCUT2D eigenvalue weighted by atomic mass is 10.1. The Morgan fingerprint density at radius 3 is 2.78 bits per heavy atom. The van der Waals surface area contributed by atoms with Gasteiger partial charge in [0.2, 0.25) is 0 Å². The first-order valence-electron chi connectivity index (χ1n) is 7.23. The largest absolute Gasteiger partial charge is 0.468 e. The van der Waals surface area contributed by atoms with Gasteiger partial charge in [-0.2, -0.15) is 0 Å². The highest BCUT2D eigenvalue weighted by Gasteiger charge is 2.15. The van der Waals surface area contributed by atoms with Crippen LogP contribution >= 0.6 is 0 Å². The minimum Gasteiger partial charge on any atom is -0.468 e. The van der Waals surface area contributed by atoms with Gasteiger partial charge in [0, 0.05) is 6.54 Å². The van der Waals surface area contributed by atoms with E-state index in [1.54, 1.807) is 6.26 Å². The van der Waals surface area contributed by atoms with Gasteiger partial charge in [0.05, 0.1) is 25.0 Å². The normalized spacial score (nSPS) is 19.6. The van der Waals surface area contributed by atoms with Crippen LogP contribution in [-0.2, 0) is 11.3 Å². The molecule has 0 radical (unpaired) electrons. The van der Waals surface area contributed by atoms with Gasteiger partial charge in [-0.05, 0) is 31.9 Å². The van der Waals surface area contributed by atoms with Crippen molar-refractivity contribution in [3.05, 3.63) is 24.2 Å². The lowest BCUT2D eigenvalue weighted by Gasteiger charge is -2.21. The topological polar surface area (TPSA) is 34.4 Å². The molecule has 1 saturated carbocycles. The Morgan fingerprint density at radius 1 is 1.33 bits per heavy atom. The van der Waals surface area contributed by atoms with Gasteiger partial charge in [-0.25, -0.2) is 0 Å². The summed E-state index contributed by atoms with van der Waals surface area (Å²) in [6.07, 6.45) is 10.4. The van der Waals surface area contributed by atoms with Crippen molar-refractivity contribution in [2.24, 2.45) is 0 Å².